The molecule has 0 saturated heterocycles. The van der Waals surface area contributed by atoms with Crippen LogP contribution in [-0.2, 0) is 9.53 Å². The van der Waals surface area contributed by atoms with E-state index >= 15 is 0 Å². The third kappa shape index (κ3) is 7.40. The fourth-order valence-corrected chi connectivity index (χ4v) is 1.72. The van der Waals surface area contributed by atoms with E-state index in [1.807, 2.05) is 19.1 Å². The van der Waals surface area contributed by atoms with Crippen LogP contribution in [0.2, 0.25) is 0 Å². The number of aliphatic imine (C=N–C) groups is 1. The Balaban J connectivity index is 0.00000484. The third-order valence-electron chi connectivity index (χ3n) is 2.80. The largest absolute Gasteiger partial charge is 0.493 e. The maximum absolute atomic E-state index is 11.1. The average Bonchev–Trinajstić information content (AvgIpc) is 2.54. The van der Waals surface area contributed by atoms with E-state index in [-0.39, 0.29) is 36.4 Å². The lowest BCUT2D eigenvalue weighted by atomic mass is 10.3. The zero-order valence-electron chi connectivity index (χ0n) is 13.8. The summed E-state index contributed by atoms with van der Waals surface area (Å²) in [4.78, 5) is 15.4. The number of nitrogens with one attached hydrogen (secondary N) is 2. The van der Waals surface area contributed by atoms with Gasteiger partial charge in [-0.05, 0) is 19.1 Å². The number of hydrogen-bond acceptors (Lipinski definition) is 5. The molecule has 8 heteroatoms. The molecule has 1 aromatic carbocycles. The van der Waals surface area contributed by atoms with Crippen LogP contribution in [0.4, 0.5) is 5.69 Å². The Labute approximate surface area is 153 Å². The minimum atomic E-state index is -0.286. The lowest BCUT2D eigenvalue weighted by Gasteiger charge is -2.13. The van der Waals surface area contributed by atoms with Crippen LogP contribution < -0.4 is 20.1 Å². The summed E-state index contributed by atoms with van der Waals surface area (Å²) in [5, 5.41) is 6.25. The van der Waals surface area contributed by atoms with E-state index in [0.717, 1.165) is 5.69 Å². The minimum Gasteiger partial charge on any atom is -0.493 e. The highest BCUT2D eigenvalue weighted by Gasteiger charge is 2.06. The molecule has 1 aromatic rings. The van der Waals surface area contributed by atoms with Gasteiger partial charge in [0, 0.05) is 18.3 Å². The smallest absolute Gasteiger partial charge is 0.307 e. The van der Waals surface area contributed by atoms with Crippen molar-refractivity contribution in [1.29, 1.82) is 0 Å². The van der Waals surface area contributed by atoms with Crippen molar-refractivity contribution in [2.45, 2.75) is 13.3 Å². The number of methoxy groups -OCH3 is 3. The normalized spacial score (nSPS) is 10.3. The molecule has 0 aliphatic carbocycles. The molecule has 2 N–H and O–H groups in total. The van der Waals surface area contributed by atoms with Gasteiger partial charge in [0.15, 0.2) is 17.5 Å². The maximum atomic E-state index is 11.1. The highest BCUT2D eigenvalue weighted by molar-refractivity contribution is 14.0. The monoisotopic (exact) mass is 437 g/mol. The van der Waals surface area contributed by atoms with Crippen molar-refractivity contribution in [3.63, 3.8) is 0 Å². The molecule has 0 aromatic heterocycles. The van der Waals surface area contributed by atoms with Gasteiger partial charge in [0.05, 0.1) is 34.3 Å². The van der Waals surface area contributed by atoms with Gasteiger partial charge in [0.25, 0.3) is 0 Å². The van der Waals surface area contributed by atoms with Gasteiger partial charge in [0.1, 0.15) is 0 Å². The van der Waals surface area contributed by atoms with E-state index in [2.05, 4.69) is 20.4 Å². The molecule has 0 atom stereocenters. The van der Waals surface area contributed by atoms with E-state index in [9.17, 15) is 4.79 Å². The fraction of sp³-hybridized carbons (Fsp3) is 0.467. The molecule has 23 heavy (non-hydrogen) atoms. The van der Waals surface area contributed by atoms with Crippen molar-refractivity contribution in [1.82, 2.24) is 5.32 Å². The number of halogens is 1. The lowest BCUT2D eigenvalue weighted by Crippen LogP contribution is -2.31. The number of nitrogens with zero attached hydrogens (tertiary/aromatic N) is 1. The Morgan fingerprint density at radius 3 is 2.43 bits per heavy atom. The van der Waals surface area contributed by atoms with Crippen LogP contribution in [0.15, 0.2) is 23.2 Å². The van der Waals surface area contributed by atoms with Crippen molar-refractivity contribution < 1.29 is 19.0 Å². The topological polar surface area (TPSA) is 81.2 Å². The molecular formula is C15H24IN3O4. The van der Waals surface area contributed by atoms with E-state index in [4.69, 9.17) is 9.47 Å². The van der Waals surface area contributed by atoms with Crippen LogP contribution >= 0.6 is 24.0 Å². The molecule has 0 unspecified atom stereocenters. The number of esters is 1. The zero-order chi connectivity index (χ0) is 16.4. The SMILES string of the molecule is CCNC(=NCCC(=O)OC)Nc1ccc(OC)c(OC)c1.I. The van der Waals surface area contributed by atoms with Gasteiger partial charge < -0.3 is 24.8 Å². The fourth-order valence-electron chi connectivity index (χ4n) is 1.72. The third-order valence-corrected chi connectivity index (χ3v) is 2.80. The lowest BCUT2D eigenvalue weighted by molar-refractivity contribution is -0.140. The van der Waals surface area contributed by atoms with E-state index in [0.29, 0.717) is 30.5 Å². The number of carbonyl (C=O) groups is 1. The van der Waals surface area contributed by atoms with Gasteiger partial charge in [0.2, 0.25) is 0 Å². The summed E-state index contributed by atoms with van der Waals surface area (Å²) in [6, 6.07) is 5.47. The van der Waals surface area contributed by atoms with E-state index < -0.39 is 0 Å². The summed E-state index contributed by atoms with van der Waals surface area (Å²) >= 11 is 0. The second-order valence-electron chi connectivity index (χ2n) is 4.28. The first-order valence-corrected chi connectivity index (χ1v) is 6.98. The number of carbonyl (C=O) groups excluding carboxylic acids is 1. The Kier molecular flexibility index (Phi) is 10.9. The van der Waals surface area contributed by atoms with Gasteiger partial charge >= 0.3 is 5.97 Å². The number of anilines is 1. The molecule has 0 amide bonds. The van der Waals surface area contributed by atoms with Crippen LogP contribution in [0.1, 0.15) is 13.3 Å². The highest BCUT2D eigenvalue weighted by atomic mass is 127. The van der Waals surface area contributed by atoms with Crippen LogP contribution in [0, 0.1) is 0 Å². The maximum Gasteiger partial charge on any atom is 0.307 e. The summed E-state index contributed by atoms with van der Waals surface area (Å²) in [6.07, 6.45) is 0.235. The summed E-state index contributed by atoms with van der Waals surface area (Å²) in [5.74, 6) is 1.57. The minimum absolute atomic E-state index is 0. The van der Waals surface area contributed by atoms with Crippen LogP contribution in [0.3, 0.4) is 0 Å². The molecule has 0 spiro atoms. The Bertz CT molecular complexity index is 523. The molecule has 1 rings (SSSR count). The molecule has 0 aliphatic rings. The van der Waals surface area contributed by atoms with Gasteiger partial charge in [-0.3, -0.25) is 9.79 Å². The first-order chi connectivity index (χ1) is 10.6. The van der Waals surface area contributed by atoms with Gasteiger partial charge in [-0.2, -0.15) is 0 Å². The predicted molar refractivity (Wildman–Crippen MR) is 101 cm³/mol. The second kappa shape index (κ2) is 11.8. The van der Waals surface area contributed by atoms with Gasteiger partial charge in [-0.25, -0.2) is 0 Å². The Morgan fingerprint density at radius 2 is 1.87 bits per heavy atom. The molecule has 0 saturated carbocycles. The van der Waals surface area contributed by atoms with Crippen molar-refractivity contribution in [2.75, 3.05) is 39.7 Å². The number of guanidine groups is 1. The molecule has 0 heterocycles. The summed E-state index contributed by atoms with van der Waals surface area (Å²) in [7, 11) is 4.53. The van der Waals surface area contributed by atoms with E-state index in [1.54, 1.807) is 20.3 Å². The van der Waals surface area contributed by atoms with Crippen molar-refractivity contribution in [3.8, 4) is 11.5 Å². The van der Waals surface area contributed by atoms with Crippen LogP contribution in [0.5, 0.6) is 11.5 Å². The van der Waals surface area contributed by atoms with Gasteiger partial charge in [-0.1, -0.05) is 0 Å². The number of ether oxygens (including phenoxy) is 3. The Morgan fingerprint density at radius 1 is 1.17 bits per heavy atom. The Hall–Kier alpha value is -1.71. The number of rotatable bonds is 7. The van der Waals surface area contributed by atoms with E-state index in [1.165, 1.54) is 7.11 Å². The molecule has 130 valence electrons. The van der Waals surface area contributed by atoms with Crippen LogP contribution in [0.25, 0.3) is 0 Å². The second-order valence-corrected chi connectivity index (χ2v) is 4.28. The summed E-state index contributed by atoms with van der Waals surface area (Å²) in [6.45, 7) is 3.01. The van der Waals surface area contributed by atoms with Crippen molar-refractivity contribution >= 4 is 41.6 Å². The zero-order valence-corrected chi connectivity index (χ0v) is 16.2. The summed E-state index contributed by atoms with van der Waals surface area (Å²) < 4.78 is 15.0. The molecule has 0 radical (unpaired) electrons. The molecule has 7 nitrogen and oxygen atoms in total. The van der Waals surface area contributed by atoms with Crippen molar-refractivity contribution in [3.05, 3.63) is 18.2 Å². The molecule has 0 aliphatic heterocycles. The number of hydrogen-bond donors (Lipinski definition) is 2. The quantitative estimate of drug-likeness (QED) is 0.295. The van der Waals surface area contributed by atoms with Gasteiger partial charge in [-0.15, -0.1) is 24.0 Å². The molecule has 0 fully saturated rings. The summed E-state index contributed by atoms with van der Waals surface area (Å²) in [5.41, 5.74) is 0.801. The predicted octanol–water partition coefficient (Wildman–Crippen LogP) is 2.26. The highest BCUT2D eigenvalue weighted by Crippen LogP contribution is 2.29. The molecule has 0 bridgehead atoms. The van der Waals surface area contributed by atoms with Crippen molar-refractivity contribution in [2.24, 2.45) is 4.99 Å². The number of benzene rings is 1. The average molecular weight is 437 g/mol. The standard InChI is InChI=1S/C15H23N3O4.HI/c1-5-16-15(17-9-8-14(19)22-4)18-11-6-7-12(20-2)13(10-11)21-3;/h6-7,10H,5,8-9H2,1-4H3,(H2,16,17,18);1H. The van der Waals surface area contributed by atoms with Crippen LogP contribution in [-0.4, -0.2) is 46.3 Å². The first kappa shape index (κ1) is 21.3. The first-order valence-electron chi connectivity index (χ1n) is 6.98. The molecular weight excluding hydrogens is 413 g/mol.